The summed E-state index contributed by atoms with van der Waals surface area (Å²) in [5.74, 6) is -0.235. The van der Waals surface area contributed by atoms with Crippen LogP contribution in [-0.2, 0) is 0 Å². The van der Waals surface area contributed by atoms with Gasteiger partial charge in [-0.3, -0.25) is 4.79 Å². The number of rotatable bonds is 3. The van der Waals surface area contributed by atoms with Crippen LogP contribution in [0.15, 0.2) is 17.5 Å². The highest BCUT2D eigenvalue weighted by Crippen LogP contribution is 2.07. The number of thiophene rings is 1. The van der Waals surface area contributed by atoms with Crippen molar-refractivity contribution in [2.24, 2.45) is 5.92 Å². The Kier molecular flexibility index (Phi) is 3.47. The van der Waals surface area contributed by atoms with Gasteiger partial charge in [0.25, 0.3) is 5.91 Å². The van der Waals surface area contributed by atoms with Crippen molar-refractivity contribution >= 4 is 17.2 Å². The van der Waals surface area contributed by atoms with Crippen LogP contribution < -0.4 is 5.32 Å². The Morgan fingerprint density at radius 1 is 1.85 bits per heavy atom. The molecular weight excluding hydrogens is 184 g/mol. The third kappa shape index (κ3) is 2.88. The van der Waals surface area contributed by atoms with E-state index in [0.717, 1.165) is 0 Å². The van der Waals surface area contributed by atoms with E-state index < -0.39 is 0 Å². The summed E-state index contributed by atoms with van der Waals surface area (Å²) in [7, 11) is 0. The molecule has 0 fully saturated rings. The maximum absolute atomic E-state index is 11.3. The minimum absolute atomic E-state index is 0.0999. The summed E-state index contributed by atoms with van der Waals surface area (Å²) in [6.45, 7) is 2.18. The number of nitrogens with zero attached hydrogens (tertiary/aromatic N) is 1. The molecule has 68 valence electrons. The smallest absolute Gasteiger partial charge is 0.261 e. The monoisotopic (exact) mass is 194 g/mol. The lowest BCUT2D eigenvalue weighted by Gasteiger charge is -2.03. The van der Waals surface area contributed by atoms with E-state index >= 15 is 0 Å². The Bertz CT molecular complexity index is 313. The van der Waals surface area contributed by atoms with Crippen LogP contribution in [0.3, 0.4) is 0 Å². The summed E-state index contributed by atoms with van der Waals surface area (Å²) < 4.78 is 0. The summed E-state index contributed by atoms with van der Waals surface area (Å²) >= 11 is 1.40. The first-order valence-electron chi connectivity index (χ1n) is 3.95. The molecule has 1 atom stereocenters. The largest absolute Gasteiger partial charge is 0.350 e. The second kappa shape index (κ2) is 4.63. The van der Waals surface area contributed by atoms with Gasteiger partial charge in [0.05, 0.1) is 16.9 Å². The Morgan fingerprint density at radius 3 is 3.15 bits per heavy atom. The molecule has 0 saturated carbocycles. The van der Waals surface area contributed by atoms with Gasteiger partial charge in [0, 0.05) is 6.54 Å². The average Bonchev–Trinajstić information content (AvgIpc) is 2.66. The van der Waals surface area contributed by atoms with E-state index in [9.17, 15) is 4.79 Å². The van der Waals surface area contributed by atoms with E-state index in [4.69, 9.17) is 5.26 Å². The second-order valence-corrected chi connectivity index (χ2v) is 3.67. The Hall–Kier alpha value is -1.34. The zero-order chi connectivity index (χ0) is 9.68. The first-order valence-corrected chi connectivity index (χ1v) is 4.83. The molecule has 0 aliphatic rings. The molecule has 0 aliphatic heterocycles. The van der Waals surface area contributed by atoms with Crippen molar-refractivity contribution in [2.75, 3.05) is 6.54 Å². The van der Waals surface area contributed by atoms with Crippen LogP contribution in [0.25, 0.3) is 0 Å². The Morgan fingerprint density at radius 2 is 2.62 bits per heavy atom. The molecule has 0 aliphatic carbocycles. The van der Waals surface area contributed by atoms with Gasteiger partial charge >= 0.3 is 0 Å². The summed E-state index contributed by atoms with van der Waals surface area (Å²) in [5.41, 5.74) is 0. The molecule has 1 rings (SSSR count). The van der Waals surface area contributed by atoms with Crippen LogP contribution >= 0.6 is 11.3 Å². The van der Waals surface area contributed by atoms with Crippen molar-refractivity contribution in [1.82, 2.24) is 5.32 Å². The molecule has 1 N–H and O–H groups in total. The van der Waals surface area contributed by atoms with Crippen molar-refractivity contribution in [3.8, 4) is 6.07 Å². The SMILES string of the molecule is CC(C#N)CNC(=O)c1cccs1. The number of hydrogen-bond acceptors (Lipinski definition) is 3. The fourth-order valence-electron chi connectivity index (χ4n) is 0.786. The number of nitrogens with one attached hydrogen (secondary N) is 1. The molecule has 0 bridgehead atoms. The van der Waals surface area contributed by atoms with Crippen LogP contribution in [-0.4, -0.2) is 12.5 Å². The molecule has 0 saturated heterocycles. The van der Waals surface area contributed by atoms with Crippen molar-refractivity contribution in [1.29, 1.82) is 5.26 Å². The van der Waals surface area contributed by atoms with Gasteiger partial charge in [0.1, 0.15) is 0 Å². The molecule has 0 radical (unpaired) electrons. The van der Waals surface area contributed by atoms with Crippen molar-refractivity contribution in [3.05, 3.63) is 22.4 Å². The van der Waals surface area contributed by atoms with Gasteiger partial charge in [-0.15, -0.1) is 11.3 Å². The topological polar surface area (TPSA) is 52.9 Å². The van der Waals surface area contributed by atoms with Crippen LogP contribution in [0.1, 0.15) is 16.6 Å². The van der Waals surface area contributed by atoms with Crippen LogP contribution in [0.4, 0.5) is 0 Å². The summed E-state index contributed by atoms with van der Waals surface area (Å²) in [6, 6.07) is 5.64. The number of hydrogen-bond donors (Lipinski definition) is 1. The van der Waals surface area contributed by atoms with Gasteiger partial charge in [0.15, 0.2) is 0 Å². The lowest BCUT2D eigenvalue weighted by Crippen LogP contribution is -2.26. The standard InChI is InChI=1S/C9H10N2OS/c1-7(5-10)6-11-9(12)8-3-2-4-13-8/h2-4,7H,6H2,1H3,(H,11,12). The van der Waals surface area contributed by atoms with Crippen LogP contribution in [0, 0.1) is 17.2 Å². The van der Waals surface area contributed by atoms with E-state index in [2.05, 4.69) is 11.4 Å². The molecule has 1 aromatic heterocycles. The molecule has 1 unspecified atom stereocenters. The highest BCUT2D eigenvalue weighted by atomic mass is 32.1. The van der Waals surface area contributed by atoms with E-state index in [0.29, 0.717) is 11.4 Å². The van der Waals surface area contributed by atoms with Gasteiger partial charge in [-0.1, -0.05) is 6.07 Å². The maximum Gasteiger partial charge on any atom is 0.261 e. The third-order valence-electron chi connectivity index (χ3n) is 1.53. The van der Waals surface area contributed by atoms with Gasteiger partial charge in [-0.2, -0.15) is 5.26 Å². The third-order valence-corrected chi connectivity index (χ3v) is 2.40. The lowest BCUT2D eigenvalue weighted by molar-refractivity contribution is 0.0955. The highest BCUT2D eigenvalue weighted by molar-refractivity contribution is 7.12. The number of carbonyl (C=O) groups excluding carboxylic acids is 1. The summed E-state index contributed by atoms with van der Waals surface area (Å²) in [5, 5.41) is 13.0. The predicted octanol–water partition coefficient (Wildman–Crippen LogP) is 1.64. The predicted molar refractivity (Wildman–Crippen MR) is 51.4 cm³/mol. The first-order chi connectivity index (χ1) is 6.24. The fraction of sp³-hybridized carbons (Fsp3) is 0.333. The normalized spacial score (nSPS) is 11.7. The van der Waals surface area contributed by atoms with E-state index in [1.807, 2.05) is 11.4 Å². The van der Waals surface area contributed by atoms with E-state index in [1.165, 1.54) is 11.3 Å². The van der Waals surface area contributed by atoms with Crippen molar-refractivity contribution in [2.45, 2.75) is 6.92 Å². The zero-order valence-electron chi connectivity index (χ0n) is 7.28. The fourth-order valence-corrected chi connectivity index (χ4v) is 1.43. The van der Waals surface area contributed by atoms with Gasteiger partial charge < -0.3 is 5.32 Å². The van der Waals surface area contributed by atoms with Crippen LogP contribution in [0.2, 0.25) is 0 Å². The molecule has 0 aromatic carbocycles. The first kappa shape index (κ1) is 9.75. The highest BCUT2D eigenvalue weighted by Gasteiger charge is 2.07. The number of carbonyl (C=O) groups is 1. The molecule has 1 aromatic rings. The van der Waals surface area contributed by atoms with Gasteiger partial charge in [-0.05, 0) is 18.4 Å². The minimum atomic E-state index is -0.135. The summed E-state index contributed by atoms with van der Waals surface area (Å²) in [4.78, 5) is 12.0. The molecule has 1 amide bonds. The molecule has 0 spiro atoms. The van der Waals surface area contributed by atoms with Crippen molar-refractivity contribution in [3.63, 3.8) is 0 Å². The van der Waals surface area contributed by atoms with Gasteiger partial charge in [0.2, 0.25) is 0 Å². The maximum atomic E-state index is 11.3. The summed E-state index contributed by atoms with van der Waals surface area (Å²) in [6.07, 6.45) is 0. The van der Waals surface area contributed by atoms with E-state index in [-0.39, 0.29) is 11.8 Å². The quantitative estimate of drug-likeness (QED) is 0.795. The van der Waals surface area contributed by atoms with Crippen molar-refractivity contribution < 1.29 is 4.79 Å². The Balaban J connectivity index is 2.40. The minimum Gasteiger partial charge on any atom is -0.350 e. The lowest BCUT2D eigenvalue weighted by atomic mass is 10.2. The number of amides is 1. The molecule has 4 heteroatoms. The Labute approximate surface area is 81.0 Å². The zero-order valence-corrected chi connectivity index (χ0v) is 8.10. The van der Waals surface area contributed by atoms with E-state index in [1.54, 1.807) is 13.0 Å². The average molecular weight is 194 g/mol. The molecular formula is C9H10N2OS. The molecule has 3 nitrogen and oxygen atoms in total. The number of nitriles is 1. The van der Waals surface area contributed by atoms with Crippen LogP contribution in [0.5, 0.6) is 0 Å². The molecule has 1 heterocycles. The second-order valence-electron chi connectivity index (χ2n) is 2.72. The molecule has 13 heavy (non-hydrogen) atoms. The van der Waals surface area contributed by atoms with Gasteiger partial charge in [-0.25, -0.2) is 0 Å².